The SMILES string of the molecule is CCC(=O)N=c1sc(N2CCOCC2)nc2sc(C)c(C)c12. The molecule has 0 atom stereocenters. The fraction of sp³-hybridized carbons (Fsp3) is 0.533. The number of aryl methyl sites for hydroxylation is 2. The summed E-state index contributed by atoms with van der Waals surface area (Å²) >= 11 is 3.18. The van der Waals surface area contributed by atoms with Gasteiger partial charge in [0.1, 0.15) is 9.50 Å². The summed E-state index contributed by atoms with van der Waals surface area (Å²) in [5.41, 5.74) is 1.18. The Bertz CT molecular complexity index is 773. The summed E-state index contributed by atoms with van der Waals surface area (Å²) < 4.78 is 6.20. The lowest BCUT2D eigenvalue weighted by molar-refractivity contribution is -0.117. The maximum Gasteiger partial charge on any atom is 0.246 e. The Balaban J connectivity index is 2.20. The van der Waals surface area contributed by atoms with Gasteiger partial charge < -0.3 is 9.64 Å². The highest BCUT2D eigenvalue weighted by Gasteiger charge is 2.17. The zero-order chi connectivity index (χ0) is 15.7. The first kappa shape index (κ1) is 15.6. The van der Waals surface area contributed by atoms with Gasteiger partial charge in [0.2, 0.25) is 5.91 Å². The molecule has 0 aromatic carbocycles. The topological polar surface area (TPSA) is 54.8 Å². The number of hydrogen-bond donors (Lipinski definition) is 0. The summed E-state index contributed by atoms with van der Waals surface area (Å²) in [6.07, 6.45) is 0.422. The summed E-state index contributed by atoms with van der Waals surface area (Å²) in [6, 6.07) is 0. The molecule has 1 amide bonds. The Hall–Kier alpha value is -1.31. The molecule has 2 aromatic rings. The summed E-state index contributed by atoms with van der Waals surface area (Å²) in [5.74, 6) is -0.0834. The Labute approximate surface area is 137 Å². The molecule has 1 saturated heterocycles. The molecule has 1 aliphatic rings. The van der Waals surface area contributed by atoms with Gasteiger partial charge in [-0.3, -0.25) is 4.79 Å². The fourth-order valence-electron chi connectivity index (χ4n) is 2.35. The number of thiophene rings is 1. The molecule has 5 nitrogen and oxygen atoms in total. The van der Waals surface area contributed by atoms with Gasteiger partial charge in [0.05, 0.1) is 18.6 Å². The number of amides is 1. The van der Waals surface area contributed by atoms with Crippen LogP contribution in [-0.2, 0) is 9.53 Å². The molecule has 22 heavy (non-hydrogen) atoms. The van der Waals surface area contributed by atoms with Gasteiger partial charge in [-0.25, -0.2) is 9.98 Å². The summed E-state index contributed by atoms with van der Waals surface area (Å²) in [6.45, 7) is 9.10. The largest absolute Gasteiger partial charge is 0.378 e. The van der Waals surface area contributed by atoms with Crippen molar-refractivity contribution in [3.8, 4) is 0 Å². The smallest absolute Gasteiger partial charge is 0.246 e. The van der Waals surface area contributed by atoms with Crippen LogP contribution in [0.3, 0.4) is 0 Å². The molecule has 0 unspecified atom stereocenters. The number of anilines is 1. The van der Waals surface area contributed by atoms with E-state index in [1.807, 2.05) is 6.92 Å². The van der Waals surface area contributed by atoms with Crippen molar-refractivity contribution < 1.29 is 9.53 Å². The number of morpholine rings is 1. The van der Waals surface area contributed by atoms with Crippen LogP contribution in [0.4, 0.5) is 5.13 Å². The van der Waals surface area contributed by atoms with Crippen molar-refractivity contribution in [2.24, 2.45) is 4.99 Å². The maximum absolute atomic E-state index is 11.8. The van der Waals surface area contributed by atoms with Gasteiger partial charge in [-0.2, -0.15) is 0 Å². The van der Waals surface area contributed by atoms with Gasteiger partial charge in [-0.1, -0.05) is 18.3 Å². The third-order valence-electron chi connectivity index (χ3n) is 3.78. The zero-order valence-corrected chi connectivity index (χ0v) is 14.6. The van der Waals surface area contributed by atoms with Crippen molar-refractivity contribution in [2.45, 2.75) is 27.2 Å². The van der Waals surface area contributed by atoms with E-state index in [0.717, 1.165) is 46.3 Å². The van der Waals surface area contributed by atoms with E-state index in [-0.39, 0.29) is 5.91 Å². The highest BCUT2D eigenvalue weighted by molar-refractivity contribution is 7.20. The number of hydrogen-bond acceptors (Lipinski definition) is 6. The number of fused-ring (bicyclic) bond motifs is 1. The average molecular weight is 337 g/mol. The van der Waals surface area contributed by atoms with Crippen LogP contribution in [0.5, 0.6) is 0 Å². The van der Waals surface area contributed by atoms with Crippen molar-refractivity contribution in [3.05, 3.63) is 15.1 Å². The van der Waals surface area contributed by atoms with Crippen LogP contribution in [0.1, 0.15) is 23.8 Å². The molecule has 3 heterocycles. The van der Waals surface area contributed by atoms with Crippen molar-refractivity contribution in [3.63, 3.8) is 0 Å². The number of aromatic nitrogens is 1. The number of nitrogens with zero attached hydrogens (tertiary/aromatic N) is 3. The predicted octanol–water partition coefficient (Wildman–Crippen LogP) is 2.65. The van der Waals surface area contributed by atoms with Gasteiger partial charge in [0.25, 0.3) is 0 Å². The Morgan fingerprint density at radius 1 is 1.32 bits per heavy atom. The minimum Gasteiger partial charge on any atom is -0.378 e. The van der Waals surface area contributed by atoms with Crippen LogP contribution in [0.15, 0.2) is 4.99 Å². The zero-order valence-electron chi connectivity index (χ0n) is 13.0. The van der Waals surface area contributed by atoms with E-state index >= 15 is 0 Å². The minimum atomic E-state index is -0.0834. The van der Waals surface area contributed by atoms with E-state index in [0.29, 0.717) is 6.42 Å². The van der Waals surface area contributed by atoms with Crippen molar-refractivity contribution in [1.29, 1.82) is 0 Å². The van der Waals surface area contributed by atoms with E-state index in [9.17, 15) is 4.79 Å². The van der Waals surface area contributed by atoms with Crippen LogP contribution in [0, 0.1) is 13.8 Å². The van der Waals surface area contributed by atoms with Gasteiger partial charge >= 0.3 is 0 Å². The number of rotatable bonds is 2. The van der Waals surface area contributed by atoms with Gasteiger partial charge in [-0.15, -0.1) is 11.3 Å². The van der Waals surface area contributed by atoms with E-state index in [1.54, 1.807) is 11.3 Å². The molecule has 1 fully saturated rings. The molecule has 118 valence electrons. The molecule has 7 heteroatoms. The lowest BCUT2D eigenvalue weighted by Crippen LogP contribution is -2.36. The predicted molar refractivity (Wildman–Crippen MR) is 90.9 cm³/mol. The first-order valence-electron chi connectivity index (χ1n) is 7.41. The Kier molecular flexibility index (Phi) is 4.56. The second kappa shape index (κ2) is 6.44. The van der Waals surface area contributed by atoms with Crippen LogP contribution >= 0.6 is 22.7 Å². The lowest BCUT2D eigenvalue weighted by atomic mass is 10.2. The van der Waals surface area contributed by atoms with Crippen LogP contribution in [0.2, 0.25) is 0 Å². The second-order valence-electron chi connectivity index (χ2n) is 5.22. The molecule has 1 aliphatic heterocycles. The summed E-state index contributed by atoms with van der Waals surface area (Å²) in [5, 5.41) is 1.96. The van der Waals surface area contributed by atoms with E-state index < -0.39 is 0 Å². The molecule has 3 rings (SSSR count). The molecular weight excluding hydrogens is 318 g/mol. The average Bonchev–Trinajstić information content (AvgIpc) is 2.83. The number of ether oxygens (including phenoxy) is 1. The van der Waals surface area contributed by atoms with E-state index in [4.69, 9.17) is 9.72 Å². The Morgan fingerprint density at radius 2 is 2.05 bits per heavy atom. The maximum atomic E-state index is 11.8. The second-order valence-corrected chi connectivity index (χ2v) is 7.38. The molecule has 0 aliphatic carbocycles. The van der Waals surface area contributed by atoms with Crippen LogP contribution < -0.4 is 9.57 Å². The van der Waals surface area contributed by atoms with E-state index in [2.05, 4.69) is 23.7 Å². The summed E-state index contributed by atoms with van der Waals surface area (Å²) in [7, 11) is 0. The monoisotopic (exact) mass is 337 g/mol. The molecule has 0 spiro atoms. The van der Waals surface area contributed by atoms with E-state index in [1.165, 1.54) is 21.8 Å². The van der Waals surface area contributed by atoms with Crippen molar-refractivity contribution in [1.82, 2.24) is 4.98 Å². The first-order valence-corrected chi connectivity index (χ1v) is 9.04. The number of carbonyl (C=O) groups excluding carboxylic acids is 1. The molecule has 0 radical (unpaired) electrons. The third kappa shape index (κ3) is 2.93. The Morgan fingerprint density at radius 3 is 2.73 bits per heavy atom. The van der Waals surface area contributed by atoms with Gasteiger partial charge in [-0.05, 0) is 19.4 Å². The normalized spacial score (nSPS) is 16.5. The standard InChI is InChI=1S/C15H19N3O2S2/c1-4-11(19)16-13-12-9(2)10(3)21-14(12)17-15(22-13)18-5-7-20-8-6-18/h4-8H2,1-3H3. The molecule has 0 saturated carbocycles. The fourth-order valence-corrected chi connectivity index (χ4v) is 4.62. The minimum absolute atomic E-state index is 0.0834. The van der Waals surface area contributed by atoms with Gasteiger partial charge in [0, 0.05) is 24.4 Å². The number of carbonyl (C=O) groups is 1. The van der Waals surface area contributed by atoms with Crippen LogP contribution in [-0.4, -0.2) is 37.2 Å². The molecular formula is C15H19N3O2S2. The van der Waals surface area contributed by atoms with Crippen molar-refractivity contribution in [2.75, 3.05) is 31.2 Å². The highest BCUT2D eigenvalue weighted by atomic mass is 32.1. The highest BCUT2D eigenvalue weighted by Crippen LogP contribution is 2.30. The quantitative estimate of drug-likeness (QED) is 0.845. The third-order valence-corrected chi connectivity index (χ3v) is 5.90. The molecule has 0 N–H and O–H groups in total. The first-order chi connectivity index (χ1) is 10.6. The van der Waals surface area contributed by atoms with Gasteiger partial charge in [0.15, 0.2) is 5.13 Å². The molecule has 0 bridgehead atoms. The molecule has 2 aromatic heterocycles. The summed E-state index contributed by atoms with van der Waals surface area (Å²) in [4.78, 5) is 25.4. The van der Waals surface area contributed by atoms with Crippen molar-refractivity contribution >= 4 is 43.9 Å². The lowest BCUT2D eigenvalue weighted by Gasteiger charge is -2.26. The van der Waals surface area contributed by atoms with Crippen LogP contribution in [0.25, 0.3) is 10.2 Å².